The number of aromatic amines is 1. The van der Waals surface area contributed by atoms with E-state index in [0.717, 1.165) is 12.4 Å². The van der Waals surface area contributed by atoms with E-state index in [9.17, 15) is 9.18 Å². The lowest BCUT2D eigenvalue weighted by molar-refractivity contribution is 0.118. The van der Waals surface area contributed by atoms with Gasteiger partial charge in [-0.05, 0) is 6.92 Å². The van der Waals surface area contributed by atoms with Crippen LogP contribution in [0, 0.1) is 5.82 Å². The summed E-state index contributed by atoms with van der Waals surface area (Å²) >= 11 is 0. The third-order valence-electron chi connectivity index (χ3n) is 3.86. The van der Waals surface area contributed by atoms with E-state index < -0.39 is 5.82 Å². The van der Waals surface area contributed by atoms with E-state index in [1.807, 2.05) is 11.8 Å². The topological polar surface area (TPSA) is 88.9 Å². The van der Waals surface area contributed by atoms with Crippen molar-refractivity contribution in [3.8, 4) is 0 Å². The predicted molar refractivity (Wildman–Crippen MR) is 76.0 cm³/mol. The van der Waals surface area contributed by atoms with Crippen LogP contribution >= 0.6 is 0 Å². The number of nitrogens with one attached hydrogen (secondary N) is 1. The normalized spacial score (nSPS) is 21.5. The molecule has 0 radical (unpaired) electrons. The van der Waals surface area contributed by atoms with Gasteiger partial charge in [0.2, 0.25) is 5.95 Å². The number of aromatic nitrogens is 5. The summed E-state index contributed by atoms with van der Waals surface area (Å²) in [5.41, 5.74) is -0.252. The van der Waals surface area contributed by atoms with Gasteiger partial charge in [-0.2, -0.15) is 5.10 Å². The molecule has 0 aliphatic carbocycles. The minimum atomic E-state index is -0.493. The minimum Gasteiger partial charge on any atom is -0.380 e. The van der Waals surface area contributed by atoms with Crippen LogP contribution in [0.15, 0.2) is 17.2 Å². The van der Waals surface area contributed by atoms with Gasteiger partial charge in [0.15, 0.2) is 11.6 Å². The number of hydrogen-bond acceptors (Lipinski definition) is 6. The molecule has 2 aromatic rings. The highest BCUT2D eigenvalue weighted by molar-refractivity contribution is 5.35. The summed E-state index contributed by atoms with van der Waals surface area (Å²) in [4.78, 5) is 21.7. The van der Waals surface area contributed by atoms with E-state index in [-0.39, 0.29) is 17.8 Å². The lowest BCUT2D eigenvalue weighted by Crippen LogP contribution is -2.29. The van der Waals surface area contributed by atoms with Crippen LogP contribution in [0.5, 0.6) is 0 Å². The van der Waals surface area contributed by atoms with Crippen LogP contribution in [-0.4, -0.2) is 44.5 Å². The summed E-state index contributed by atoms with van der Waals surface area (Å²) in [6.45, 7) is 2.94. The molecule has 0 spiro atoms. The molecule has 9 heteroatoms. The molecule has 0 bridgehead atoms. The van der Waals surface area contributed by atoms with E-state index in [2.05, 4.69) is 20.2 Å². The van der Waals surface area contributed by atoms with Crippen molar-refractivity contribution in [2.75, 3.05) is 18.6 Å². The molecule has 1 N–H and O–H groups in total. The number of H-pyrrole nitrogens is 1. The SMILES string of the molecule is CCn1c([C@@H]2C[C@H](OC)CN2c2ncc(F)cn2)n[nH]c1=O. The molecule has 118 valence electrons. The van der Waals surface area contributed by atoms with E-state index in [4.69, 9.17) is 4.74 Å². The average Bonchev–Trinajstić information content (AvgIpc) is 3.11. The Morgan fingerprint density at radius 2 is 2.18 bits per heavy atom. The fraction of sp³-hybridized carbons (Fsp3) is 0.538. The number of ether oxygens (including phenoxy) is 1. The van der Waals surface area contributed by atoms with Crippen molar-refractivity contribution in [1.82, 2.24) is 24.7 Å². The van der Waals surface area contributed by atoms with Gasteiger partial charge in [0.25, 0.3) is 0 Å². The van der Waals surface area contributed by atoms with Crippen molar-refractivity contribution >= 4 is 5.95 Å². The number of halogens is 1. The fourth-order valence-electron chi connectivity index (χ4n) is 2.78. The van der Waals surface area contributed by atoms with Crippen LogP contribution in [0.3, 0.4) is 0 Å². The Balaban J connectivity index is 1.99. The molecular weight excluding hydrogens is 291 g/mol. The van der Waals surface area contributed by atoms with Crippen LogP contribution in [0.1, 0.15) is 25.2 Å². The van der Waals surface area contributed by atoms with E-state index in [1.54, 1.807) is 11.7 Å². The molecule has 1 aliphatic heterocycles. The zero-order valence-electron chi connectivity index (χ0n) is 12.4. The van der Waals surface area contributed by atoms with Crippen LogP contribution in [0.4, 0.5) is 10.3 Å². The largest absolute Gasteiger partial charge is 0.380 e. The molecule has 3 rings (SSSR count). The smallest absolute Gasteiger partial charge is 0.343 e. The van der Waals surface area contributed by atoms with Crippen molar-refractivity contribution in [1.29, 1.82) is 0 Å². The Bertz CT molecular complexity index is 697. The Morgan fingerprint density at radius 1 is 1.45 bits per heavy atom. The first kappa shape index (κ1) is 14.6. The number of rotatable bonds is 4. The summed E-state index contributed by atoms with van der Waals surface area (Å²) < 4.78 is 20.0. The molecule has 2 aromatic heterocycles. The molecule has 8 nitrogen and oxygen atoms in total. The first-order chi connectivity index (χ1) is 10.6. The van der Waals surface area contributed by atoms with Crippen molar-refractivity contribution in [3.05, 3.63) is 34.5 Å². The van der Waals surface area contributed by atoms with E-state index in [1.165, 1.54) is 0 Å². The summed E-state index contributed by atoms with van der Waals surface area (Å²) in [6.07, 6.45) is 2.87. The zero-order valence-corrected chi connectivity index (χ0v) is 12.4. The van der Waals surface area contributed by atoms with Crippen molar-refractivity contribution in [3.63, 3.8) is 0 Å². The summed E-state index contributed by atoms with van der Waals surface area (Å²) in [5, 5.41) is 6.60. The number of anilines is 1. The molecule has 1 saturated heterocycles. The monoisotopic (exact) mass is 308 g/mol. The van der Waals surface area contributed by atoms with Crippen molar-refractivity contribution in [2.24, 2.45) is 0 Å². The van der Waals surface area contributed by atoms with Gasteiger partial charge in [-0.25, -0.2) is 24.3 Å². The summed E-state index contributed by atoms with van der Waals surface area (Å²) in [7, 11) is 1.63. The average molecular weight is 308 g/mol. The predicted octanol–water partition coefficient (Wildman–Crippen LogP) is 0.487. The molecule has 0 unspecified atom stereocenters. The second-order valence-electron chi connectivity index (χ2n) is 5.09. The zero-order chi connectivity index (χ0) is 15.7. The second-order valence-corrected chi connectivity index (χ2v) is 5.09. The maximum Gasteiger partial charge on any atom is 0.343 e. The van der Waals surface area contributed by atoms with Crippen LogP contribution in [-0.2, 0) is 11.3 Å². The Kier molecular flexibility index (Phi) is 3.88. The molecule has 0 amide bonds. The highest BCUT2D eigenvalue weighted by Gasteiger charge is 2.38. The lowest BCUT2D eigenvalue weighted by atomic mass is 10.2. The summed E-state index contributed by atoms with van der Waals surface area (Å²) in [6, 6.07) is -0.200. The Labute approximate surface area is 126 Å². The maximum atomic E-state index is 13.0. The van der Waals surface area contributed by atoms with Gasteiger partial charge in [0, 0.05) is 26.6 Å². The Morgan fingerprint density at radius 3 is 2.82 bits per heavy atom. The van der Waals surface area contributed by atoms with Gasteiger partial charge in [-0.1, -0.05) is 0 Å². The quantitative estimate of drug-likeness (QED) is 0.884. The first-order valence-corrected chi connectivity index (χ1v) is 7.06. The molecule has 22 heavy (non-hydrogen) atoms. The van der Waals surface area contributed by atoms with E-state index in [0.29, 0.717) is 31.3 Å². The lowest BCUT2D eigenvalue weighted by Gasteiger charge is -2.23. The number of hydrogen-bond donors (Lipinski definition) is 1. The van der Waals surface area contributed by atoms with Gasteiger partial charge in [-0.3, -0.25) is 4.57 Å². The fourth-order valence-corrected chi connectivity index (χ4v) is 2.78. The van der Waals surface area contributed by atoms with Crippen LogP contribution in [0.2, 0.25) is 0 Å². The highest BCUT2D eigenvalue weighted by atomic mass is 19.1. The van der Waals surface area contributed by atoms with Crippen LogP contribution in [0.25, 0.3) is 0 Å². The van der Waals surface area contributed by atoms with Gasteiger partial charge in [0.05, 0.1) is 24.5 Å². The van der Waals surface area contributed by atoms with Gasteiger partial charge in [-0.15, -0.1) is 0 Å². The van der Waals surface area contributed by atoms with Gasteiger partial charge >= 0.3 is 5.69 Å². The maximum absolute atomic E-state index is 13.0. The van der Waals surface area contributed by atoms with Gasteiger partial charge in [0.1, 0.15) is 0 Å². The molecular formula is C13H17FN6O2. The minimum absolute atomic E-state index is 0.0317. The molecule has 0 aromatic carbocycles. The third-order valence-corrected chi connectivity index (χ3v) is 3.86. The Hall–Kier alpha value is -2.29. The first-order valence-electron chi connectivity index (χ1n) is 7.06. The van der Waals surface area contributed by atoms with Crippen molar-refractivity contribution in [2.45, 2.75) is 32.0 Å². The van der Waals surface area contributed by atoms with E-state index >= 15 is 0 Å². The van der Waals surface area contributed by atoms with Crippen molar-refractivity contribution < 1.29 is 9.13 Å². The third kappa shape index (κ3) is 2.47. The highest BCUT2D eigenvalue weighted by Crippen LogP contribution is 2.34. The second kappa shape index (κ2) is 5.84. The van der Waals surface area contributed by atoms with Crippen LogP contribution < -0.4 is 10.6 Å². The molecule has 1 fully saturated rings. The molecule has 3 heterocycles. The molecule has 1 aliphatic rings. The standard InChI is InChI=1S/C13H17FN6O2/c1-3-19-11(17-18-13(19)21)10-4-9(22-2)7-20(10)12-15-5-8(14)6-16-12/h5-6,9-10H,3-4,7H2,1-2H3,(H,18,21)/t9-,10-/m0/s1. The van der Waals surface area contributed by atoms with Gasteiger partial charge < -0.3 is 9.64 Å². The summed E-state index contributed by atoms with van der Waals surface area (Å²) in [5.74, 6) is 0.511. The molecule has 2 atom stereocenters. The number of nitrogens with zero attached hydrogens (tertiary/aromatic N) is 5. The molecule has 0 saturated carbocycles. The number of methoxy groups -OCH3 is 1.